The smallest absolute Gasteiger partial charge is 0.255 e. The average Bonchev–Trinajstić information content (AvgIpc) is 3.17. The Morgan fingerprint density at radius 1 is 1.00 bits per heavy atom. The van der Waals surface area contributed by atoms with E-state index in [2.05, 4.69) is 15.6 Å². The zero-order valence-electron chi connectivity index (χ0n) is 17.9. The predicted octanol–water partition coefficient (Wildman–Crippen LogP) is 4.70. The number of thiazole rings is 1. The maximum Gasteiger partial charge on any atom is 0.255 e. The molecule has 0 aliphatic carbocycles. The van der Waals surface area contributed by atoms with Crippen molar-refractivity contribution < 1.29 is 23.8 Å². The molecule has 0 unspecified atom stereocenters. The number of hydrogen-bond acceptors (Lipinski definition) is 7. The minimum Gasteiger partial charge on any atom is -0.493 e. The normalized spacial score (nSPS) is 10.6. The van der Waals surface area contributed by atoms with Crippen molar-refractivity contribution in [2.75, 3.05) is 32.0 Å². The van der Waals surface area contributed by atoms with Crippen LogP contribution in [0.2, 0.25) is 0 Å². The standard InChI is InChI=1S/C22H25N3O5S/c1-5-6-7-19(26)25-22-24-15-9-8-14(12-18(15)31-22)23-21(27)13-10-16(28-2)20(30-4)17(11-13)29-3/h8-12H,5-7H2,1-4H3,(H,23,27)(H,24,25,26). The molecule has 2 amide bonds. The third kappa shape index (κ3) is 5.24. The van der Waals surface area contributed by atoms with Gasteiger partial charge in [-0.15, -0.1) is 0 Å². The number of benzene rings is 2. The number of hydrogen-bond donors (Lipinski definition) is 2. The van der Waals surface area contributed by atoms with Crippen LogP contribution >= 0.6 is 11.3 Å². The van der Waals surface area contributed by atoms with Crippen LogP contribution in [0.25, 0.3) is 10.2 Å². The molecule has 0 saturated carbocycles. The van der Waals surface area contributed by atoms with Gasteiger partial charge in [-0.2, -0.15) is 0 Å². The van der Waals surface area contributed by atoms with Crippen molar-refractivity contribution in [1.82, 2.24) is 4.98 Å². The first-order valence-corrected chi connectivity index (χ1v) is 10.6. The van der Waals surface area contributed by atoms with Crippen molar-refractivity contribution >= 4 is 44.2 Å². The van der Waals surface area contributed by atoms with Gasteiger partial charge in [0.15, 0.2) is 16.6 Å². The van der Waals surface area contributed by atoms with Crippen molar-refractivity contribution in [1.29, 1.82) is 0 Å². The molecule has 3 aromatic rings. The highest BCUT2D eigenvalue weighted by Gasteiger charge is 2.17. The highest BCUT2D eigenvalue weighted by molar-refractivity contribution is 7.22. The van der Waals surface area contributed by atoms with Gasteiger partial charge in [0.25, 0.3) is 5.91 Å². The molecule has 2 aromatic carbocycles. The van der Waals surface area contributed by atoms with E-state index in [4.69, 9.17) is 14.2 Å². The minimum absolute atomic E-state index is 0.0446. The van der Waals surface area contributed by atoms with Gasteiger partial charge in [-0.1, -0.05) is 24.7 Å². The summed E-state index contributed by atoms with van der Waals surface area (Å²) < 4.78 is 16.8. The third-order valence-electron chi connectivity index (χ3n) is 4.58. The minimum atomic E-state index is -0.323. The number of rotatable bonds is 9. The van der Waals surface area contributed by atoms with Crippen LogP contribution in [0.4, 0.5) is 10.8 Å². The number of ether oxygens (including phenoxy) is 3. The molecular weight excluding hydrogens is 418 g/mol. The van der Waals surface area contributed by atoms with Gasteiger partial charge in [-0.3, -0.25) is 9.59 Å². The number of aromatic nitrogens is 1. The van der Waals surface area contributed by atoms with Crippen LogP contribution in [-0.4, -0.2) is 38.1 Å². The first-order valence-electron chi connectivity index (χ1n) is 9.80. The number of amides is 2. The van der Waals surface area contributed by atoms with Gasteiger partial charge in [0.1, 0.15) is 0 Å². The second-order valence-electron chi connectivity index (χ2n) is 6.72. The first kappa shape index (κ1) is 22.4. The first-order chi connectivity index (χ1) is 15.0. The lowest BCUT2D eigenvalue weighted by atomic mass is 10.1. The van der Waals surface area contributed by atoms with E-state index in [0.29, 0.717) is 40.1 Å². The van der Waals surface area contributed by atoms with Gasteiger partial charge in [0, 0.05) is 17.7 Å². The average molecular weight is 444 g/mol. The van der Waals surface area contributed by atoms with Crippen molar-refractivity contribution in [3.05, 3.63) is 35.9 Å². The second-order valence-corrected chi connectivity index (χ2v) is 7.75. The number of unbranched alkanes of at least 4 members (excludes halogenated alkanes) is 1. The molecule has 1 heterocycles. The molecule has 164 valence electrons. The zero-order chi connectivity index (χ0) is 22.4. The molecule has 9 heteroatoms. The quantitative estimate of drug-likeness (QED) is 0.497. The highest BCUT2D eigenvalue weighted by atomic mass is 32.1. The van der Waals surface area contributed by atoms with Crippen molar-refractivity contribution in [2.45, 2.75) is 26.2 Å². The summed E-state index contributed by atoms with van der Waals surface area (Å²) in [6.45, 7) is 2.04. The van der Waals surface area contributed by atoms with Crippen LogP contribution in [0.3, 0.4) is 0 Å². The number of nitrogens with zero attached hydrogens (tertiary/aromatic N) is 1. The number of carbonyl (C=O) groups excluding carboxylic acids is 2. The van der Waals surface area contributed by atoms with E-state index >= 15 is 0 Å². The molecule has 1 aromatic heterocycles. The Morgan fingerprint density at radius 2 is 1.71 bits per heavy atom. The zero-order valence-corrected chi connectivity index (χ0v) is 18.7. The summed E-state index contributed by atoms with van der Waals surface area (Å²) in [7, 11) is 4.50. The fourth-order valence-electron chi connectivity index (χ4n) is 2.99. The Morgan fingerprint density at radius 3 is 2.32 bits per heavy atom. The van der Waals surface area contributed by atoms with Gasteiger partial charge < -0.3 is 24.8 Å². The molecular formula is C22H25N3O5S. The van der Waals surface area contributed by atoms with Gasteiger partial charge in [0.2, 0.25) is 11.7 Å². The summed E-state index contributed by atoms with van der Waals surface area (Å²) in [5, 5.41) is 6.24. The number of nitrogens with one attached hydrogen (secondary N) is 2. The molecule has 0 aliphatic heterocycles. The fourth-order valence-corrected chi connectivity index (χ4v) is 3.91. The fraction of sp³-hybridized carbons (Fsp3) is 0.318. The number of fused-ring (bicyclic) bond motifs is 1. The van der Waals surface area contributed by atoms with E-state index in [1.807, 2.05) is 13.0 Å². The van der Waals surface area contributed by atoms with Crippen molar-refractivity contribution in [2.24, 2.45) is 0 Å². The topological polar surface area (TPSA) is 98.8 Å². The SMILES string of the molecule is CCCCC(=O)Nc1nc2ccc(NC(=O)c3cc(OC)c(OC)c(OC)c3)cc2s1. The predicted molar refractivity (Wildman–Crippen MR) is 122 cm³/mol. The summed E-state index contributed by atoms with van der Waals surface area (Å²) in [6.07, 6.45) is 2.28. The van der Waals surface area contributed by atoms with E-state index in [0.717, 1.165) is 23.1 Å². The summed E-state index contributed by atoms with van der Waals surface area (Å²) in [5.41, 5.74) is 1.73. The lowest BCUT2D eigenvalue weighted by Crippen LogP contribution is -2.12. The molecule has 31 heavy (non-hydrogen) atoms. The third-order valence-corrected chi connectivity index (χ3v) is 5.51. The Bertz CT molecular complexity index is 1070. The summed E-state index contributed by atoms with van der Waals surface area (Å²) in [4.78, 5) is 29.2. The van der Waals surface area contributed by atoms with Crippen LogP contribution in [0.5, 0.6) is 17.2 Å². The van der Waals surface area contributed by atoms with Crippen LogP contribution in [0.1, 0.15) is 36.5 Å². The van der Waals surface area contributed by atoms with Crippen LogP contribution in [0.15, 0.2) is 30.3 Å². The number of anilines is 2. The molecule has 0 bridgehead atoms. The molecule has 3 rings (SSSR count). The highest BCUT2D eigenvalue weighted by Crippen LogP contribution is 2.38. The largest absolute Gasteiger partial charge is 0.493 e. The number of methoxy groups -OCH3 is 3. The van der Waals surface area contributed by atoms with E-state index in [-0.39, 0.29) is 11.8 Å². The monoisotopic (exact) mass is 443 g/mol. The van der Waals surface area contributed by atoms with E-state index in [1.165, 1.54) is 32.7 Å². The summed E-state index contributed by atoms with van der Waals surface area (Å²) in [6, 6.07) is 8.57. The van der Waals surface area contributed by atoms with Crippen LogP contribution < -0.4 is 24.8 Å². The molecule has 2 N–H and O–H groups in total. The summed E-state index contributed by atoms with van der Waals surface area (Å²) in [5.74, 6) is 0.843. The molecule has 0 aliphatic rings. The van der Waals surface area contributed by atoms with Gasteiger partial charge >= 0.3 is 0 Å². The molecule has 0 saturated heterocycles. The Kier molecular flexibility index (Phi) is 7.30. The Labute approximate surface area is 184 Å². The number of carbonyl (C=O) groups is 2. The molecule has 0 atom stereocenters. The lowest BCUT2D eigenvalue weighted by molar-refractivity contribution is -0.116. The maximum atomic E-state index is 12.8. The van der Waals surface area contributed by atoms with Crippen molar-refractivity contribution in [3.8, 4) is 17.2 Å². The molecule has 8 nitrogen and oxygen atoms in total. The van der Waals surface area contributed by atoms with Crippen LogP contribution in [-0.2, 0) is 4.79 Å². The maximum absolute atomic E-state index is 12.8. The van der Waals surface area contributed by atoms with E-state index < -0.39 is 0 Å². The molecule has 0 fully saturated rings. The van der Waals surface area contributed by atoms with Crippen molar-refractivity contribution in [3.63, 3.8) is 0 Å². The van der Waals surface area contributed by atoms with Crippen LogP contribution in [0, 0.1) is 0 Å². The van der Waals surface area contributed by atoms with E-state index in [1.54, 1.807) is 24.3 Å². The van der Waals surface area contributed by atoms with Gasteiger partial charge in [-0.05, 0) is 36.8 Å². The van der Waals surface area contributed by atoms with Gasteiger partial charge in [0.05, 0.1) is 31.5 Å². The lowest BCUT2D eigenvalue weighted by Gasteiger charge is -2.14. The summed E-state index contributed by atoms with van der Waals surface area (Å²) >= 11 is 1.36. The molecule has 0 spiro atoms. The Hall–Kier alpha value is -3.33. The second kappa shape index (κ2) is 10.1. The molecule has 0 radical (unpaired) electrons. The van der Waals surface area contributed by atoms with Gasteiger partial charge in [-0.25, -0.2) is 4.98 Å². The van der Waals surface area contributed by atoms with E-state index in [9.17, 15) is 9.59 Å². The Balaban J connectivity index is 1.78.